The molecule has 0 saturated heterocycles. The largest absolute Gasteiger partial charge is 0.497 e. The number of amides is 1. The monoisotopic (exact) mass is 424 g/mol. The second-order valence-corrected chi connectivity index (χ2v) is 8.82. The molecule has 0 aliphatic carbocycles. The van der Waals surface area contributed by atoms with Gasteiger partial charge in [0, 0.05) is 25.6 Å². The maximum Gasteiger partial charge on any atom is 0.224 e. The normalized spacial score (nSPS) is 13.9. The van der Waals surface area contributed by atoms with E-state index in [-0.39, 0.29) is 29.0 Å². The molecule has 0 aromatic heterocycles. The van der Waals surface area contributed by atoms with Gasteiger partial charge in [-0.1, -0.05) is 25.1 Å². The highest BCUT2D eigenvalue weighted by Crippen LogP contribution is 2.19. The Morgan fingerprint density at radius 2 is 1.82 bits per heavy atom. The predicted molar refractivity (Wildman–Crippen MR) is 110 cm³/mol. The molecule has 1 atom stereocenters. The van der Waals surface area contributed by atoms with Gasteiger partial charge in [-0.2, -0.15) is 0 Å². The number of sulfone groups is 1. The van der Waals surface area contributed by atoms with E-state index in [1.165, 1.54) is 30.4 Å². The van der Waals surface area contributed by atoms with E-state index in [1.807, 2.05) is 6.07 Å². The third-order valence-corrected chi connectivity index (χ3v) is 6.63. The molecular weight excluding hydrogens is 400 g/mol. The molecule has 1 unspecified atom stereocenters. The number of halogens is 1. The number of nitrogens with one attached hydrogen (secondary N) is 2. The van der Waals surface area contributed by atoms with Crippen LogP contribution in [0.15, 0.2) is 47.4 Å². The average molecular weight is 425 g/mol. The van der Waals surface area contributed by atoms with Crippen LogP contribution in [0.4, 0.5) is 0 Å². The first-order chi connectivity index (χ1) is 12.9. The minimum absolute atomic E-state index is 0. The van der Waals surface area contributed by atoms with Crippen molar-refractivity contribution in [3.63, 3.8) is 0 Å². The summed E-state index contributed by atoms with van der Waals surface area (Å²) >= 11 is 0. The zero-order chi connectivity index (χ0) is 19.4. The SMILES string of the molecule is COc1ccc(S(=O)(=O)CC(C)C(=O)NCc2ccc3c(c2)CNC3)cc1.Cl. The van der Waals surface area contributed by atoms with Crippen molar-refractivity contribution in [2.24, 2.45) is 5.92 Å². The number of fused-ring (bicyclic) bond motifs is 1. The van der Waals surface area contributed by atoms with E-state index >= 15 is 0 Å². The first-order valence-corrected chi connectivity index (χ1v) is 10.5. The minimum atomic E-state index is -3.55. The predicted octanol–water partition coefficient (Wildman–Crippen LogP) is 2.45. The molecule has 1 amide bonds. The summed E-state index contributed by atoms with van der Waals surface area (Å²) in [4.78, 5) is 12.5. The summed E-state index contributed by atoms with van der Waals surface area (Å²) < 4.78 is 30.1. The molecule has 0 saturated carbocycles. The lowest BCUT2D eigenvalue weighted by molar-refractivity contribution is -0.124. The van der Waals surface area contributed by atoms with E-state index in [9.17, 15) is 13.2 Å². The molecule has 0 spiro atoms. The number of carbonyl (C=O) groups excluding carboxylic acids is 1. The average Bonchev–Trinajstić information content (AvgIpc) is 3.13. The number of benzene rings is 2. The Labute approximate surface area is 172 Å². The summed E-state index contributed by atoms with van der Waals surface area (Å²) in [5, 5.41) is 6.12. The lowest BCUT2D eigenvalue weighted by Crippen LogP contribution is -2.32. The second-order valence-electron chi connectivity index (χ2n) is 6.78. The number of hydrogen-bond donors (Lipinski definition) is 2. The number of methoxy groups -OCH3 is 1. The van der Waals surface area contributed by atoms with Crippen molar-refractivity contribution < 1.29 is 17.9 Å². The zero-order valence-electron chi connectivity index (χ0n) is 15.9. The molecule has 0 bridgehead atoms. The summed E-state index contributed by atoms with van der Waals surface area (Å²) in [5.41, 5.74) is 3.54. The highest BCUT2D eigenvalue weighted by atomic mass is 35.5. The Morgan fingerprint density at radius 1 is 1.14 bits per heavy atom. The summed E-state index contributed by atoms with van der Waals surface area (Å²) in [6, 6.07) is 12.3. The summed E-state index contributed by atoms with van der Waals surface area (Å²) in [5.74, 6) is -0.567. The van der Waals surface area contributed by atoms with Crippen molar-refractivity contribution in [1.82, 2.24) is 10.6 Å². The molecule has 1 heterocycles. The minimum Gasteiger partial charge on any atom is -0.497 e. The van der Waals surface area contributed by atoms with Crippen molar-refractivity contribution in [2.75, 3.05) is 12.9 Å². The van der Waals surface area contributed by atoms with Gasteiger partial charge in [0.25, 0.3) is 0 Å². The van der Waals surface area contributed by atoms with Crippen LogP contribution in [0.1, 0.15) is 23.6 Å². The van der Waals surface area contributed by atoms with Crippen molar-refractivity contribution in [1.29, 1.82) is 0 Å². The topological polar surface area (TPSA) is 84.5 Å². The lowest BCUT2D eigenvalue weighted by Gasteiger charge is -2.13. The van der Waals surface area contributed by atoms with Gasteiger partial charge in [-0.15, -0.1) is 12.4 Å². The van der Waals surface area contributed by atoms with Gasteiger partial charge in [0.05, 0.1) is 17.8 Å². The van der Waals surface area contributed by atoms with Gasteiger partial charge in [0.2, 0.25) is 5.91 Å². The van der Waals surface area contributed by atoms with Crippen LogP contribution in [-0.4, -0.2) is 27.2 Å². The molecule has 0 radical (unpaired) electrons. The molecule has 2 N–H and O–H groups in total. The van der Waals surface area contributed by atoms with Crippen LogP contribution in [0.3, 0.4) is 0 Å². The molecule has 1 aliphatic heterocycles. The van der Waals surface area contributed by atoms with E-state index in [4.69, 9.17) is 4.74 Å². The standard InChI is InChI=1S/C20H24N2O4S.ClH/c1-14(13-27(24,25)19-7-5-18(26-2)6-8-19)20(23)22-10-15-3-4-16-11-21-12-17(16)9-15;/h3-9,14,21H,10-13H2,1-2H3,(H,22,23);1H. The Hall–Kier alpha value is -2.09. The first-order valence-electron chi connectivity index (χ1n) is 8.85. The molecule has 2 aromatic carbocycles. The number of carbonyl (C=O) groups is 1. The second kappa shape index (κ2) is 9.41. The Kier molecular flexibility index (Phi) is 7.46. The van der Waals surface area contributed by atoms with E-state index in [0.29, 0.717) is 12.3 Å². The molecule has 3 rings (SSSR count). The van der Waals surface area contributed by atoms with Crippen LogP contribution >= 0.6 is 12.4 Å². The maximum atomic E-state index is 12.5. The summed E-state index contributed by atoms with van der Waals surface area (Å²) in [6.45, 7) is 3.73. The van der Waals surface area contributed by atoms with Crippen LogP contribution in [0.5, 0.6) is 5.75 Å². The van der Waals surface area contributed by atoms with Crippen LogP contribution in [0, 0.1) is 5.92 Å². The van der Waals surface area contributed by atoms with Crippen LogP contribution < -0.4 is 15.4 Å². The molecule has 28 heavy (non-hydrogen) atoms. The fourth-order valence-electron chi connectivity index (χ4n) is 3.11. The van der Waals surface area contributed by atoms with E-state index < -0.39 is 15.8 Å². The maximum absolute atomic E-state index is 12.5. The molecule has 0 fully saturated rings. The number of rotatable bonds is 7. The molecule has 2 aromatic rings. The smallest absolute Gasteiger partial charge is 0.224 e. The van der Waals surface area contributed by atoms with Crippen molar-refractivity contribution in [3.05, 3.63) is 59.2 Å². The fraction of sp³-hybridized carbons (Fsp3) is 0.350. The van der Waals surface area contributed by atoms with Gasteiger partial charge in [-0.25, -0.2) is 8.42 Å². The Morgan fingerprint density at radius 3 is 2.50 bits per heavy atom. The quantitative estimate of drug-likeness (QED) is 0.713. The van der Waals surface area contributed by atoms with Crippen molar-refractivity contribution in [2.45, 2.75) is 31.5 Å². The molecular formula is C20H25ClN2O4S. The lowest BCUT2D eigenvalue weighted by atomic mass is 10.1. The van der Waals surface area contributed by atoms with Crippen molar-refractivity contribution in [3.8, 4) is 5.75 Å². The van der Waals surface area contributed by atoms with Gasteiger partial charge in [-0.3, -0.25) is 4.79 Å². The van der Waals surface area contributed by atoms with Gasteiger partial charge >= 0.3 is 0 Å². The Bertz CT molecular complexity index is 930. The van der Waals surface area contributed by atoms with E-state index in [2.05, 4.69) is 22.8 Å². The van der Waals surface area contributed by atoms with Gasteiger partial charge in [-0.05, 0) is 41.0 Å². The molecule has 1 aliphatic rings. The zero-order valence-corrected chi connectivity index (χ0v) is 17.5. The van der Waals surface area contributed by atoms with Crippen LogP contribution in [0.2, 0.25) is 0 Å². The van der Waals surface area contributed by atoms with Gasteiger partial charge in [0.1, 0.15) is 5.75 Å². The molecule has 8 heteroatoms. The van der Waals surface area contributed by atoms with Gasteiger partial charge < -0.3 is 15.4 Å². The van der Waals surface area contributed by atoms with Crippen molar-refractivity contribution >= 4 is 28.2 Å². The number of ether oxygens (including phenoxy) is 1. The van der Waals surface area contributed by atoms with E-state index in [1.54, 1.807) is 19.1 Å². The summed E-state index contributed by atoms with van der Waals surface area (Å²) in [6.07, 6.45) is 0. The van der Waals surface area contributed by atoms with E-state index in [0.717, 1.165) is 18.7 Å². The highest BCUT2D eigenvalue weighted by molar-refractivity contribution is 7.91. The Balaban J connectivity index is 0.00000280. The highest BCUT2D eigenvalue weighted by Gasteiger charge is 2.23. The fourth-order valence-corrected chi connectivity index (χ4v) is 4.66. The van der Waals surface area contributed by atoms with Crippen LogP contribution in [-0.2, 0) is 34.3 Å². The third-order valence-electron chi connectivity index (χ3n) is 4.70. The van der Waals surface area contributed by atoms with Gasteiger partial charge in [0.15, 0.2) is 9.84 Å². The number of hydrogen-bond acceptors (Lipinski definition) is 5. The third kappa shape index (κ3) is 5.25. The summed E-state index contributed by atoms with van der Waals surface area (Å²) in [7, 11) is -2.02. The van der Waals surface area contributed by atoms with Crippen LogP contribution in [0.25, 0.3) is 0 Å². The molecule has 152 valence electrons. The first kappa shape index (κ1) is 22.2. The molecule has 6 nitrogen and oxygen atoms in total.